The number of piperidine rings is 1. The number of nitrogens with zero attached hydrogens (tertiary/aromatic N) is 2. The summed E-state index contributed by atoms with van der Waals surface area (Å²) in [5.41, 5.74) is 3.56. The van der Waals surface area contributed by atoms with E-state index in [1.165, 1.54) is 12.0 Å². The van der Waals surface area contributed by atoms with E-state index >= 15 is 0 Å². The lowest BCUT2D eigenvalue weighted by Crippen LogP contribution is -2.44. The third-order valence-corrected chi connectivity index (χ3v) is 5.66. The van der Waals surface area contributed by atoms with Crippen molar-refractivity contribution in [3.05, 3.63) is 65.5 Å². The minimum atomic E-state index is 0.302. The molecule has 1 aromatic carbocycles. The van der Waals surface area contributed by atoms with Gasteiger partial charge in [-0.05, 0) is 43.4 Å². The molecule has 3 nitrogen and oxygen atoms in total. The molecule has 1 aliphatic carbocycles. The Kier molecular flexibility index (Phi) is 4.82. The number of carbonyl (C=O) groups is 1. The van der Waals surface area contributed by atoms with Crippen molar-refractivity contribution in [3.8, 4) is 0 Å². The molecule has 1 saturated carbocycles. The van der Waals surface area contributed by atoms with Gasteiger partial charge in [0.2, 0.25) is 5.91 Å². The van der Waals surface area contributed by atoms with Crippen LogP contribution >= 0.6 is 0 Å². The third kappa shape index (κ3) is 3.76. The molecule has 0 spiro atoms. The Balaban J connectivity index is 1.45. The van der Waals surface area contributed by atoms with Crippen LogP contribution in [0.2, 0.25) is 0 Å². The molecule has 0 N–H and O–H groups in total. The zero-order chi connectivity index (χ0) is 17.1. The number of hydrogen-bond acceptors (Lipinski definition) is 2. The summed E-state index contributed by atoms with van der Waals surface area (Å²) in [6.07, 6.45) is 6.49. The minimum Gasteiger partial charge on any atom is -0.342 e. The molecule has 0 radical (unpaired) electrons. The van der Waals surface area contributed by atoms with E-state index in [1.807, 2.05) is 6.07 Å². The van der Waals surface area contributed by atoms with Crippen LogP contribution in [0, 0.1) is 5.92 Å². The number of pyridine rings is 1. The number of carbonyl (C=O) groups excluding carboxylic acids is 1. The van der Waals surface area contributed by atoms with Crippen LogP contribution in [0.3, 0.4) is 0 Å². The topological polar surface area (TPSA) is 33.2 Å². The van der Waals surface area contributed by atoms with Gasteiger partial charge in [-0.2, -0.15) is 0 Å². The molecule has 1 aromatic heterocycles. The molecule has 1 atom stereocenters. The van der Waals surface area contributed by atoms with Crippen LogP contribution in [-0.4, -0.2) is 28.9 Å². The van der Waals surface area contributed by atoms with E-state index in [2.05, 4.69) is 47.4 Å². The van der Waals surface area contributed by atoms with Crippen molar-refractivity contribution >= 4 is 5.91 Å². The zero-order valence-electron chi connectivity index (χ0n) is 14.7. The monoisotopic (exact) mass is 334 g/mol. The van der Waals surface area contributed by atoms with Crippen molar-refractivity contribution < 1.29 is 4.79 Å². The molecule has 0 bridgehead atoms. The van der Waals surface area contributed by atoms with Crippen LogP contribution < -0.4 is 0 Å². The molecular formula is C22H26N2O. The van der Waals surface area contributed by atoms with Crippen molar-refractivity contribution in [2.75, 3.05) is 13.1 Å². The molecule has 25 heavy (non-hydrogen) atoms. The first kappa shape index (κ1) is 16.3. The molecule has 1 saturated heterocycles. The number of hydrogen-bond donors (Lipinski definition) is 0. The van der Waals surface area contributed by atoms with Crippen LogP contribution in [0.15, 0.2) is 48.5 Å². The second-order valence-electron chi connectivity index (χ2n) is 7.47. The predicted octanol–water partition coefficient (Wildman–Crippen LogP) is 4.18. The maximum absolute atomic E-state index is 12.6. The van der Waals surface area contributed by atoms with E-state index in [0.29, 0.717) is 17.7 Å². The highest BCUT2D eigenvalue weighted by molar-refractivity contribution is 5.79. The van der Waals surface area contributed by atoms with Gasteiger partial charge in [-0.3, -0.25) is 9.78 Å². The largest absolute Gasteiger partial charge is 0.342 e. The maximum Gasteiger partial charge on any atom is 0.225 e. The standard InChI is InChI=1S/C22H26N2O/c25-22(18-9-4-10-18)24-14-6-11-19(16-24)21-13-5-12-20(23-21)15-17-7-2-1-3-8-17/h1-3,5,7-8,12-13,18-19H,4,6,9-11,14-16H2/t19-/m1/s1. The first-order valence-electron chi connectivity index (χ1n) is 9.58. The first-order valence-corrected chi connectivity index (χ1v) is 9.58. The number of likely N-dealkylation sites (tertiary alicyclic amines) is 1. The van der Waals surface area contributed by atoms with Gasteiger partial charge in [-0.15, -0.1) is 0 Å². The quantitative estimate of drug-likeness (QED) is 0.840. The minimum absolute atomic E-state index is 0.302. The molecule has 1 amide bonds. The highest BCUT2D eigenvalue weighted by Gasteiger charge is 2.32. The van der Waals surface area contributed by atoms with Gasteiger partial charge in [0.05, 0.1) is 0 Å². The lowest BCUT2D eigenvalue weighted by molar-refractivity contribution is -0.139. The van der Waals surface area contributed by atoms with Crippen LogP contribution in [-0.2, 0) is 11.2 Å². The summed E-state index contributed by atoms with van der Waals surface area (Å²) in [5, 5.41) is 0. The third-order valence-electron chi connectivity index (χ3n) is 5.66. The zero-order valence-corrected chi connectivity index (χ0v) is 14.7. The van der Waals surface area contributed by atoms with E-state index in [4.69, 9.17) is 4.98 Å². The lowest BCUT2D eigenvalue weighted by Gasteiger charge is -2.37. The van der Waals surface area contributed by atoms with Gasteiger partial charge in [0, 0.05) is 42.7 Å². The van der Waals surface area contributed by atoms with Crippen molar-refractivity contribution in [3.63, 3.8) is 0 Å². The molecule has 0 unspecified atom stereocenters. The van der Waals surface area contributed by atoms with Crippen LogP contribution in [0.25, 0.3) is 0 Å². The summed E-state index contributed by atoms with van der Waals surface area (Å²) in [5.74, 6) is 1.07. The van der Waals surface area contributed by atoms with E-state index in [1.54, 1.807) is 0 Å². The Morgan fingerprint density at radius 2 is 1.84 bits per heavy atom. The van der Waals surface area contributed by atoms with Gasteiger partial charge >= 0.3 is 0 Å². The first-order chi connectivity index (χ1) is 12.3. The smallest absolute Gasteiger partial charge is 0.225 e. The van der Waals surface area contributed by atoms with E-state index in [0.717, 1.165) is 56.6 Å². The second kappa shape index (κ2) is 7.38. The normalized spacial score (nSPS) is 21.0. The van der Waals surface area contributed by atoms with Crippen molar-refractivity contribution in [2.24, 2.45) is 5.92 Å². The van der Waals surface area contributed by atoms with Gasteiger partial charge in [-0.25, -0.2) is 0 Å². The second-order valence-corrected chi connectivity index (χ2v) is 7.47. The van der Waals surface area contributed by atoms with Crippen LogP contribution in [0.4, 0.5) is 0 Å². The molecule has 2 heterocycles. The number of benzene rings is 1. The van der Waals surface area contributed by atoms with E-state index in [-0.39, 0.29) is 0 Å². The summed E-state index contributed by atoms with van der Waals surface area (Å²) in [6.45, 7) is 1.77. The fourth-order valence-corrected chi connectivity index (χ4v) is 3.96. The average molecular weight is 334 g/mol. The highest BCUT2D eigenvalue weighted by atomic mass is 16.2. The Morgan fingerprint density at radius 1 is 1.00 bits per heavy atom. The SMILES string of the molecule is O=C(C1CCC1)N1CCC[C@@H](c2cccc(Cc3ccccc3)n2)C1. The molecule has 4 rings (SSSR count). The molecule has 3 heteroatoms. The molecular weight excluding hydrogens is 308 g/mol. The molecule has 130 valence electrons. The number of aromatic nitrogens is 1. The summed E-state index contributed by atoms with van der Waals surface area (Å²) >= 11 is 0. The summed E-state index contributed by atoms with van der Waals surface area (Å²) in [4.78, 5) is 19.6. The van der Waals surface area contributed by atoms with Gasteiger partial charge in [0.25, 0.3) is 0 Å². The van der Waals surface area contributed by atoms with Gasteiger partial charge < -0.3 is 4.90 Å². The Labute approximate surface area is 150 Å². The van der Waals surface area contributed by atoms with Gasteiger partial charge in [0.1, 0.15) is 0 Å². The Hall–Kier alpha value is -2.16. The average Bonchev–Trinajstić information content (AvgIpc) is 2.61. The van der Waals surface area contributed by atoms with Crippen LogP contribution in [0.5, 0.6) is 0 Å². The number of amides is 1. The maximum atomic E-state index is 12.6. The summed E-state index contributed by atoms with van der Waals surface area (Å²) in [7, 11) is 0. The van der Waals surface area contributed by atoms with Crippen LogP contribution in [0.1, 0.15) is 55.0 Å². The van der Waals surface area contributed by atoms with E-state index < -0.39 is 0 Å². The fraction of sp³-hybridized carbons (Fsp3) is 0.455. The highest BCUT2D eigenvalue weighted by Crippen LogP contribution is 2.32. The molecule has 2 aromatic rings. The molecule has 2 aliphatic rings. The summed E-state index contributed by atoms with van der Waals surface area (Å²) in [6, 6.07) is 16.8. The van der Waals surface area contributed by atoms with Crippen molar-refractivity contribution in [1.29, 1.82) is 0 Å². The number of rotatable bonds is 4. The van der Waals surface area contributed by atoms with Gasteiger partial charge in [0.15, 0.2) is 0 Å². The Bertz CT molecular complexity index is 724. The fourth-order valence-electron chi connectivity index (χ4n) is 3.96. The molecule has 2 fully saturated rings. The lowest BCUT2D eigenvalue weighted by atomic mass is 9.83. The summed E-state index contributed by atoms with van der Waals surface area (Å²) < 4.78 is 0. The van der Waals surface area contributed by atoms with E-state index in [9.17, 15) is 4.79 Å². The van der Waals surface area contributed by atoms with Crippen molar-refractivity contribution in [2.45, 2.75) is 44.4 Å². The van der Waals surface area contributed by atoms with Crippen molar-refractivity contribution in [1.82, 2.24) is 9.88 Å². The van der Waals surface area contributed by atoms with Gasteiger partial charge in [-0.1, -0.05) is 42.8 Å². The predicted molar refractivity (Wildman–Crippen MR) is 99.4 cm³/mol. The molecule has 1 aliphatic heterocycles. The Morgan fingerprint density at radius 3 is 2.60 bits per heavy atom.